The monoisotopic (exact) mass is 424 g/mol. The van der Waals surface area contributed by atoms with Gasteiger partial charge in [0, 0.05) is 25.7 Å². The van der Waals surface area contributed by atoms with Crippen LogP contribution in [0.15, 0.2) is 65.6 Å². The number of sulfonamides is 1. The highest BCUT2D eigenvalue weighted by Gasteiger charge is 2.26. The molecule has 1 heterocycles. The van der Waals surface area contributed by atoms with Gasteiger partial charge in [0.15, 0.2) is 0 Å². The summed E-state index contributed by atoms with van der Waals surface area (Å²) in [6.45, 7) is 7.09. The van der Waals surface area contributed by atoms with Crippen molar-refractivity contribution in [3.8, 4) is 0 Å². The van der Waals surface area contributed by atoms with Crippen LogP contribution in [-0.4, -0.2) is 46.2 Å². The summed E-state index contributed by atoms with van der Waals surface area (Å²) in [4.78, 5) is 2.62. The summed E-state index contributed by atoms with van der Waals surface area (Å²) >= 11 is 0. The molecule has 0 saturated carbocycles. The van der Waals surface area contributed by atoms with Gasteiger partial charge in [0.1, 0.15) is 0 Å². The Morgan fingerprint density at radius 3 is 2.47 bits per heavy atom. The van der Waals surface area contributed by atoms with Crippen molar-refractivity contribution in [3.05, 3.63) is 77.4 Å². The van der Waals surface area contributed by atoms with Crippen LogP contribution in [0.5, 0.6) is 0 Å². The Morgan fingerprint density at radius 2 is 1.70 bits per heavy atom. The lowest BCUT2D eigenvalue weighted by atomic mass is 9.97. The van der Waals surface area contributed by atoms with Gasteiger partial charge < -0.3 is 4.74 Å². The molecule has 0 aromatic heterocycles. The van der Waals surface area contributed by atoms with E-state index in [0.717, 1.165) is 40.6 Å². The Hall–Kier alpha value is -2.25. The van der Waals surface area contributed by atoms with Gasteiger partial charge in [-0.3, -0.25) is 4.90 Å². The largest absolute Gasteiger partial charge is 0.379 e. The summed E-state index contributed by atoms with van der Waals surface area (Å²) in [5.74, 6) is 0. The third-order valence-electron chi connectivity index (χ3n) is 5.92. The maximum absolute atomic E-state index is 13.0. The van der Waals surface area contributed by atoms with Gasteiger partial charge in [-0.1, -0.05) is 48.5 Å². The molecular weight excluding hydrogens is 396 g/mol. The van der Waals surface area contributed by atoms with Crippen molar-refractivity contribution in [3.63, 3.8) is 0 Å². The van der Waals surface area contributed by atoms with E-state index < -0.39 is 10.0 Å². The topological polar surface area (TPSA) is 58.6 Å². The van der Waals surface area contributed by atoms with Gasteiger partial charge in [-0.2, -0.15) is 0 Å². The number of morpholine rings is 1. The molecule has 1 N–H and O–H groups in total. The van der Waals surface area contributed by atoms with Gasteiger partial charge in [-0.05, 0) is 53.4 Å². The van der Waals surface area contributed by atoms with Gasteiger partial charge in [0.25, 0.3) is 0 Å². The number of hydrogen-bond donors (Lipinski definition) is 1. The quantitative estimate of drug-likeness (QED) is 0.654. The van der Waals surface area contributed by atoms with Gasteiger partial charge in [-0.25, -0.2) is 13.1 Å². The first-order valence-electron chi connectivity index (χ1n) is 10.3. The Kier molecular flexibility index (Phi) is 6.20. The van der Waals surface area contributed by atoms with Crippen molar-refractivity contribution in [1.82, 2.24) is 9.62 Å². The predicted octanol–water partition coefficient (Wildman–Crippen LogP) is 3.81. The third kappa shape index (κ3) is 4.42. The van der Waals surface area contributed by atoms with E-state index in [1.165, 1.54) is 0 Å². The highest BCUT2D eigenvalue weighted by Crippen LogP contribution is 2.29. The molecule has 158 valence electrons. The van der Waals surface area contributed by atoms with Gasteiger partial charge in [-0.15, -0.1) is 0 Å². The first-order chi connectivity index (χ1) is 14.5. The molecule has 0 aliphatic carbocycles. The molecule has 5 nitrogen and oxygen atoms in total. The zero-order valence-electron chi connectivity index (χ0n) is 17.5. The van der Waals surface area contributed by atoms with Crippen LogP contribution >= 0.6 is 0 Å². The highest BCUT2D eigenvalue weighted by atomic mass is 32.2. The molecule has 6 heteroatoms. The molecule has 1 aliphatic heterocycles. The molecule has 1 saturated heterocycles. The Labute approximate surface area is 178 Å². The van der Waals surface area contributed by atoms with Crippen molar-refractivity contribution in [2.75, 3.05) is 32.8 Å². The SMILES string of the molecule is Cc1ccc(S(=O)(=O)NC[C@H](c2cccc3ccccc23)N2CCOCC2)cc1C. The van der Waals surface area contributed by atoms with Gasteiger partial charge in [0.05, 0.1) is 18.1 Å². The minimum atomic E-state index is -3.60. The summed E-state index contributed by atoms with van der Waals surface area (Å²) in [7, 11) is -3.60. The number of ether oxygens (including phenoxy) is 1. The van der Waals surface area contributed by atoms with Crippen LogP contribution in [0, 0.1) is 13.8 Å². The lowest BCUT2D eigenvalue weighted by Crippen LogP contribution is -2.43. The molecule has 0 spiro atoms. The first-order valence-corrected chi connectivity index (χ1v) is 11.8. The minimum absolute atomic E-state index is 0.0682. The summed E-state index contributed by atoms with van der Waals surface area (Å²) in [5, 5.41) is 2.31. The number of rotatable bonds is 6. The molecule has 0 amide bonds. The molecule has 1 fully saturated rings. The average Bonchev–Trinajstić information content (AvgIpc) is 2.76. The van der Waals surface area contributed by atoms with Gasteiger partial charge in [0.2, 0.25) is 10.0 Å². The maximum atomic E-state index is 13.0. The molecule has 4 rings (SSSR count). The fourth-order valence-electron chi connectivity index (χ4n) is 4.02. The summed E-state index contributed by atoms with van der Waals surface area (Å²) in [6, 6.07) is 19.7. The lowest BCUT2D eigenvalue weighted by molar-refractivity contribution is 0.0175. The maximum Gasteiger partial charge on any atom is 0.240 e. The Balaban J connectivity index is 1.66. The zero-order valence-corrected chi connectivity index (χ0v) is 18.3. The van der Waals surface area contributed by atoms with Crippen molar-refractivity contribution < 1.29 is 13.2 Å². The van der Waals surface area contributed by atoms with Crippen LogP contribution in [0.4, 0.5) is 0 Å². The number of benzene rings is 3. The zero-order chi connectivity index (χ0) is 21.1. The lowest BCUT2D eigenvalue weighted by Gasteiger charge is -2.35. The summed E-state index contributed by atoms with van der Waals surface area (Å²) in [6.07, 6.45) is 0. The molecule has 3 aromatic rings. The van der Waals surface area contributed by atoms with Crippen LogP contribution in [0.1, 0.15) is 22.7 Å². The van der Waals surface area contributed by atoms with E-state index in [1.54, 1.807) is 12.1 Å². The van der Waals surface area contributed by atoms with E-state index in [1.807, 2.05) is 38.1 Å². The molecule has 0 radical (unpaired) electrons. The number of nitrogens with zero attached hydrogens (tertiary/aromatic N) is 1. The fourth-order valence-corrected chi connectivity index (χ4v) is 5.14. The molecular formula is C24H28N2O3S. The standard InChI is InChI=1S/C24H28N2O3S/c1-18-10-11-21(16-19(18)2)30(27,28)25-17-24(26-12-14-29-15-13-26)23-9-5-7-20-6-3-4-8-22(20)23/h3-11,16,24-25H,12-15,17H2,1-2H3/t24-/m1/s1. The van der Waals surface area contributed by atoms with Gasteiger partial charge >= 0.3 is 0 Å². The molecule has 1 atom stereocenters. The van der Waals surface area contributed by atoms with Crippen LogP contribution in [0.25, 0.3) is 10.8 Å². The first kappa shape index (κ1) is 21.0. The Morgan fingerprint density at radius 1 is 0.967 bits per heavy atom. The van der Waals surface area contributed by atoms with Crippen LogP contribution < -0.4 is 4.72 Å². The molecule has 0 bridgehead atoms. The van der Waals surface area contributed by atoms with Crippen molar-refractivity contribution in [1.29, 1.82) is 0 Å². The number of hydrogen-bond acceptors (Lipinski definition) is 4. The van der Waals surface area contributed by atoms with E-state index in [2.05, 4.69) is 33.9 Å². The van der Waals surface area contributed by atoms with E-state index in [4.69, 9.17) is 4.74 Å². The highest BCUT2D eigenvalue weighted by molar-refractivity contribution is 7.89. The smallest absolute Gasteiger partial charge is 0.240 e. The Bertz CT molecular complexity index is 1130. The summed E-state index contributed by atoms with van der Waals surface area (Å²) < 4.78 is 34.5. The second-order valence-electron chi connectivity index (χ2n) is 7.83. The predicted molar refractivity (Wildman–Crippen MR) is 120 cm³/mol. The van der Waals surface area contributed by atoms with Crippen molar-refractivity contribution in [2.45, 2.75) is 24.8 Å². The van der Waals surface area contributed by atoms with Crippen molar-refractivity contribution in [2.24, 2.45) is 0 Å². The van der Waals surface area contributed by atoms with Crippen LogP contribution in [0.3, 0.4) is 0 Å². The molecule has 3 aromatic carbocycles. The third-order valence-corrected chi connectivity index (χ3v) is 7.35. The van der Waals surface area contributed by atoms with E-state index in [0.29, 0.717) is 24.7 Å². The van der Waals surface area contributed by atoms with Crippen LogP contribution in [0.2, 0.25) is 0 Å². The van der Waals surface area contributed by atoms with E-state index >= 15 is 0 Å². The number of aryl methyl sites for hydroxylation is 2. The van der Waals surface area contributed by atoms with Crippen molar-refractivity contribution >= 4 is 20.8 Å². The van der Waals surface area contributed by atoms with Crippen LogP contribution in [-0.2, 0) is 14.8 Å². The van der Waals surface area contributed by atoms with E-state index in [9.17, 15) is 8.42 Å². The van der Waals surface area contributed by atoms with E-state index in [-0.39, 0.29) is 6.04 Å². The fraction of sp³-hybridized carbons (Fsp3) is 0.333. The normalized spacial score (nSPS) is 16.6. The number of fused-ring (bicyclic) bond motifs is 1. The minimum Gasteiger partial charge on any atom is -0.379 e. The second kappa shape index (κ2) is 8.86. The molecule has 1 aliphatic rings. The summed E-state index contributed by atoms with van der Waals surface area (Å²) in [5.41, 5.74) is 3.19. The number of nitrogens with one attached hydrogen (secondary N) is 1. The second-order valence-corrected chi connectivity index (χ2v) is 9.60. The average molecular weight is 425 g/mol. The molecule has 30 heavy (non-hydrogen) atoms. The molecule has 0 unspecified atom stereocenters.